The Kier molecular flexibility index (Phi) is 4.80. The number of piperidine rings is 1. The largest absolute Gasteiger partial charge is 0.356 e. The highest BCUT2D eigenvalue weighted by molar-refractivity contribution is 5.46. The average molecular weight is 370 g/mol. The predicted molar refractivity (Wildman–Crippen MR) is 108 cm³/mol. The van der Waals surface area contributed by atoms with Gasteiger partial charge < -0.3 is 14.8 Å². The third-order valence-corrected chi connectivity index (χ3v) is 6.21. The van der Waals surface area contributed by atoms with Gasteiger partial charge in [-0.25, -0.2) is 9.97 Å². The molecular weight excluding hydrogens is 338 g/mol. The number of nitrogens with zero attached hydrogens (tertiary/aromatic N) is 6. The number of hydrogen-bond donors (Lipinski definition) is 1. The van der Waals surface area contributed by atoms with Crippen LogP contribution in [-0.2, 0) is 18.4 Å². The van der Waals surface area contributed by atoms with Crippen LogP contribution in [0.3, 0.4) is 0 Å². The van der Waals surface area contributed by atoms with Crippen molar-refractivity contribution in [2.75, 3.05) is 50.1 Å². The molecule has 0 aromatic carbocycles. The van der Waals surface area contributed by atoms with E-state index >= 15 is 0 Å². The van der Waals surface area contributed by atoms with Crippen molar-refractivity contribution in [1.29, 1.82) is 0 Å². The number of aromatic amines is 1. The molecule has 1 fully saturated rings. The van der Waals surface area contributed by atoms with E-state index in [1.165, 1.54) is 11.4 Å². The van der Waals surface area contributed by atoms with E-state index in [2.05, 4.69) is 39.7 Å². The van der Waals surface area contributed by atoms with Gasteiger partial charge in [0.25, 0.3) is 0 Å². The minimum Gasteiger partial charge on any atom is -0.356 e. The smallest absolute Gasteiger partial charge is 0.227 e. The summed E-state index contributed by atoms with van der Waals surface area (Å²) in [6, 6.07) is 2.16. The van der Waals surface area contributed by atoms with Crippen molar-refractivity contribution < 1.29 is 0 Å². The molecule has 1 N–H and O–H groups in total. The van der Waals surface area contributed by atoms with Gasteiger partial charge in [0.05, 0.1) is 17.6 Å². The number of nitrogens with one attached hydrogen (secondary N) is 1. The van der Waals surface area contributed by atoms with Crippen molar-refractivity contribution in [3.63, 3.8) is 0 Å². The van der Waals surface area contributed by atoms with Crippen LogP contribution in [0.4, 0.5) is 11.8 Å². The van der Waals surface area contributed by atoms with Gasteiger partial charge in [-0.15, -0.1) is 0 Å². The van der Waals surface area contributed by atoms with E-state index in [1.807, 2.05) is 25.3 Å². The molecule has 2 aromatic rings. The summed E-state index contributed by atoms with van der Waals surface area (Å²) in [4.78, 5) is 24.6. The number of rotatable bonds is 4. The molecule has 0 atom stereocenters. The fraction of sp³-hybridized carbons (Fsp3) is 0.650. The molecule has 0 aliphatic carbocycles. The predicted octanol–water partition coefficient (Wildman–Crippen LogP) is 2.20. The maximum Gasteiger partial charge on any atom is 0.227 e. The molecule has 0 saturated carbocycles. The summed E-state index contributed by atoms with van der Waals surface area (Å²) in [7, 11) is 4.01. The third kappa shape index (κ3) is 3.08. The molecule has 2 aliphatic rings. The van der Waals surface area contributed by atoms with E-state index < -0.39 is 0 Å². The minimum absolute atomic E-state index is 0.0732. The van der Waals surface area contributed by atoms with Crippen LogP contribution >= 0.6 is 0 Å². The van der Waals surface area contributed by atoms with Crippen molar-refractivity contribution in [3.05, 3.63) is 29.5 Å². The van der Waals surface area contributed by atoms with Crippen molar-refractivity contribution in [2.24, 2.45) is 0 Å². The Morgan fingerprint density at radius 1 is 1.15 bits per heavy atom. The fourth-order valence-electron chi connectivity index (χ4n) is 4.66. The van der Waals surface area contributed by atoms with Crippen molar-refractivity contribution >= 4 is 11.8 Å². The van der Waals surface area contributed by atoms with E-state index in [0.717, 1.165) is 69.3 Å². The molecule has 1 saturated heterocycles. The maximum absolute atomic E-state index is 4.82. The Morgan fingerprint density at radius 3 is 2.59 bits per heavy atom. The van der Waals surface area contributed by atoms with Gasteiger partial charge >= 0.3 is 0 Å². The zero-order valence-electron chi connectivity index (χ0n) is 17.0. The van der Waals surface area contributed by atoms with E-state index in [0.29, 0.717) is 0 Å². The van der Waals surface area contributed by atoms with Crippen LogP contribution in [0.1, 0.15) is 43.8 Å². The molecule has 146 valence electrons. The van der Waals surface area contributed by atoms with Crippen molar-refractivity contribution in [1.82, 2.24) is 24.8 Å². The highest BCUT2D eigenvalue weighted by Crippen LogP contribution is 2.42. The second-order valence-corrected chi connectivity index (χ2v) is 7.84. The number of H-pyrrole nitrogens is 1. The summed E-state index contributed by atoms with van der Waals surface area (Å²) in [5.74, 6) is 1.86. The van der Waals surface area contributed by atoms with Gasteiger partial charge in [0.15, 0.2) is 0 Å². The first-order valence-electron chi connectivity index (χ1n) is 10.2. The van der Waals surface area contributed by atoms with Gasteiger partial charge in [-0.05, 0) is 25.8 Å². The number of aromatic nitrogens is 4. The summed E-state index contributed by atoms with van der Waals surface area (Å²) in [6.07, 6.45) is 6.04. The normalized spacial score (nSPS) is 19.3. The highest BCUT2D eigenvalue weighted by atomic mass is 15.3. The first kappa shape index (κ1) is 18.2. The number of aryl methyl sites for hydroxylation is 1. The second kappa shape index (κ2) is 7.11. The highest BCUT2D eigenvalue weighted by Gasteiger charge is 2.46. The van der Waals surface area contributed by atoms with Gasteiger partial charge in [-0.3, -0.25) is 4.90 Å². The Balaban J connectivity index is 1.60. The van der Waals surface area contributed by atoms with Gasteiger partial charge in [0, 0.05) is 57.6 Å². The summed E-state index contributed by atoms with van der Waals surface area (Å²) >= 11 is 0. The Hall–Kier alpha value is -2.15. The lowest BCUT2D eigenvalue weighted by Crippen LogP contribution is -2.56. The molecule has 7 nitrogen and oxygen atoms in total. The van der Waals surface area contributed by atoms with Gasteiger partial charge in [-0.2, -0.15) is 4.98 Å². The lowest BCUT2D eigenvalue weighted by atomic mass is 9.78. The molecule has 2 aliphatic heterocycles. The van der Waals surface area contributed by atoms with Crippen LogP contribution in [0, 0.1) is 0 Å². The SMILES string of the molecule is CCc1cc(N2CCC3(CC2)c2nc[nH]c2CCN3CC)nc(N(C)C)n1. The average Bonchev–Trinajstić information content (AvgIpc) is 3.18. The molecule has 7 heteroatoms. The molecule has 1 spiro atoms. The van der Waals surface area contributed by atoms with E-state index in [1.54, 1.807) is 0 Å². The van der Waals surface area contributed by atoms with Crippen molar-refractivity contribution in [2.45, 2.75) is 45.1 Å². The summed E-state index contributed by atoms with van der Waals surface area (Å²) in [5.41, 5.74) is 3.79. The molecular formula is C20H31N7. The Labute approximate surface area is 161 Å². The number of likely N-dealkylation sites (N-methyl/N-ethyl adjacent to an activating group) is 1. The van der Waals surface area contributed by atoms with Gasteiger partial charge in [-0.1, -0.05) is 13.8 Å². The van der Waals surface area contributed by atoms with E-state index in [-0.39, 0.29) is 5.54 Å². The van der Waals surface area contributed by atoms with Crippen LogP contribution in [0.15, 0.2) is 12.4 Å². The molecule has 0 amide bonds. The van der Waals surface area contributed by atoms with Crippen LogP contribution in [0.5, 0.6) is 0 Å². The Bertz CT molecular complexity index is 789. The van der Waals surface area contributed by atoms with Crippen molar-refractivity contribution in [3.8, 4) is 0 Å². The zero-order valence-corrected chi connectivity index (χ0v) is 17.0. The van der Waals surface area contributed by atoms with Crippen LogP contribution in [0.25, 0.3) is 0 Å². The van der Waals surface area contributed by atoms with Crippen LogP contribution in [0.2, 0.25) is 0 Å². The molecule has 27 heavy (non-hydrogen) atoms. The van der Waals surface area contributed by atoms with E-state index in [4.69, 9.17) is 9.97 Å². The lowest BCUT2D eigenvalue weighted by molar-refractivity contribution is 0.0496. The Morgan fingerprint density at radius 2 is 1.93 bits per heavy atom. The maximum atomic E-state index is 4.82. The zero-order chi connectivity index (χ0) is 19.0. The first-order valence-corrected chi connectivity index (χ1v) is 10.2. The molecule has 4 rings (SSSR count). The quantitative estimate of drug-likeness (QED) is 0.891. The number of anilines is 2. The summed E-state index contributed by atoms with van der Waals surface area (Å²) < 4.78 is 0. The second-order valence-electron chi connectivity index (χ2n) is 7.84. The molecule has 0 radical (unpaired) electrons. The molecule has 0 bridgehead atoms. The third-order valence-electron chi connectivity index (χ3n) is 6.21. The lowest BCUT2D eigenvalue weighted by Gasteiger charge is -2.50. The van der Waals surface area contributed by atoms with Crippen LogP contribution in [-0.4, -0.2) is 65.1 Å². The molecule has 4 heterocycles. The first-order chi connectivity index (χ1) is 13.1. The molecule has 0 unspecified atom stereocenters. The topological polar surface area (TPSA) is 64.2 Å². The monoisotopic (exact) mass is 369 g/mol. The number of imidazole rings is 1. The van der Waals surface area contributed by atoms with Gasteiger partial charge in [0.1, 0.15) is 5.82 Å². The minimum atomic E-state index is 0.0732. The molecule has 2 aromatic heterocycles. The van der Waals surface area contributed by atoms with E-state index in [9.17, 15) is 0 Å². The van der Waals surface area contributed by atoms with Crippen LogP contribution < -0.4 is 9.80 Å². The summed E-state index contributed by atoms with van der Waals surface area (Å²) in [6.45, 7) is 8.60. The fourth-order valence-corrected chi connectivity index (χ4v) is 4.66. The summed E-state index contributed by atoms with van der Waals surface area (Å²) in [5, 5.41) is 0. The van der Waals surface area contributed by atoms with Gasteiger partial charge in [0.2, 0.25) is 5.95 Å². The standard InChI is InChI=1S/C20H31N7/c1-5-15-13-17(24-19(23-15)25(3)4)26-11-8-20(9-12-26)18-16(21-14-22-18)7-10-27(20)6-2/h13-14H,5-12H2,1-4H3,(H,21,22). The number of hydrogen-bond acceptors (Lipinski definition) is 6. The number of fused-ring (bicyclic) bond motifs is 2.